The standard InChI is InChI=1S/C14H15ClN2O6/c1-3-22-13(18)10(14(19)23-4-2)8-16-12-7-9(17(20)21)5-6-11(12)15/h5-8,16H,3-4H2,1-2H3. The van der Waals surface area contributed by atoms with Crippen molar-refractivity contribution in [3.8, 4) is 0 Å². The normalized spacial score (nSPS) is 9.70. The highest BCUT2D eigenvalue weighted by molar-refractivity contribution is 6.33. The summed E-state index contributed by atoms with van der Waals surface area (Å²) >= 11 is 5.92. The van der Waals surface area contributed by atoms with Crippen LogP contribution in [0.15, 0.2) is 30.0 Å². The van der Waals surface area contributed by atoms with Crippen molar-refractivity contribution < 1.29 is 24.0 Å². The number of hydrogen-bond acceptors (Lipinski definition) is 7. The van der Waals surface area contributed by atoms with Crippen LogP contribution in [0.2, 0.25) is 5.02 Å². The number of ether oxygens (including phenoxy) is 2. The summed E-state index contributed by atoms with van der Waals surface area (Å²) in [6.07, 6.45) is 1.04. The lowest BCUT2D eigenvalue weighted by Crippen LogP contribution is -2.19. The van der Waals surface area contributed by atoms with Gasteiger partial charge in [-0.15, -0.1) is 0 Å². The highest BCUT2D eigenvalue weighted by Crippen LogP contribution is 2.26. The third-order valence-electron chi connectivity index (χ3n) is 2.52. The molecule has 0 aliphatic heterocycles. The van der Waals surface area contributed by atoms with E-state index in [1.807, 2.05) is 0 Å². The largest absolute Gasteiger partial charge is 0.462 e. The molecule has 9 heteroatoms. The molecule has 0 amide bonds. The molecule has 0 saturated carbocycles. The van der Waals surface area contributed by atoms with Crippen LogP contribution in [0, 0.1) is 10.1 Å². The van der Waals surface area contributed by atoms with Crippen molar-refractivity contribution in [3.05, 3.63) is 45.1 Å². The summed E-state index contributed by atoms with van der Waals surface area (Å²) in [4.78, 5) is 33.7. The molecule has 0 saturated heterocycles. The molecule has 1 N–H and O–H groups in total. The van der Waals surface area contributed by atoms with Gasteiger partial charge in [-0.3, -0.25) is 10.1 Å². The average molecular weight is 343 g/mol. The highest BCUT2D eigenvalue weighted by Gasteiger charge is 2.21. The number of non-ortho nitro benzene ring substituents is 1. The van der Waals surface area contributed by atoms with Crippen LogP contribution in [-0.4, -0.2) is 30.1 Å². The number of carbonyl (C=O) groups is 2. The number of benzene rings is 1. The second-order valence-corrected chi connectivity index (χ2v) is 4.47. The Morgan fingerprint density at radius 3 is 2.30 bits per heavy atom. The molecule has 1 aromatic carbocycles. The minimum Gasteiger partial charge on any atom is -0.462 e. The Morgan fingerprint density at radius 2 is 1.83 bits per heavy atom. The van der Waals surface area contributed by atoms with E-state index < -0.39 is 16.9 Å². The van der Waals surface area contributed by atoms with Gasteiger partial charge in [0.1, 0.15) is 0 Å². The van der Waals surface area contributed by atoms with Crippen molar-refractivity contribution in [2.75, 3.05) is 18.5 Å². The Morgan fingerprint density at radius 1 is 1.26 bits per heavy atom. The molecule has 124 valence electrons. The summed E-state index contributed by atoms with van der Waals surface area (Å²) in [6.45, 7) is 3.33. The Balaban J connectivity index is 3.09. The fraction of sp³-hybridized carbons (Fsp3) is 0.286. The second kappa shape index (κ2) is 8.74. The number of hydrogen-bond donors (Lipinski definition) is 1. The van der Waals surface area contributed by atoms with Gasteiger partial charge in [0.25, 0.3) is 5.69 Å². The van der Waals surface area contributed by atoms with Gasteiger partial charge in [0.2, 0.25) is 0 Å². The van der Waals surface area contributed by atoms with Crippen LogP contribution in [0.3, 0.4) is 0 Å². The molecule has 0 radical (unpaired) electrons. The van der Waals surface area contributed by atoms with Crippen molar-refractivity contribution in [3.63, 3.8) is 0 Å². The molecule has 0 heterocycles. The van der Waals surface area contributed by atoms with E-state index in [9.17, 15) is 19.7 Å². The minimum absolute atomic E-state index is 0.0765. The molecule has 23 heavy (non-hydrogen) atoms. The predicted molar refractivity (Wildman–Crippen MR) is 83.1 cm³/mol. The zero-order valence-electron chi connectivity index (χ0n) is 12.5. The van der Waals surface area contributed by atoms with Gasteiger partial charge in [-0.1, -0.05) is 11.6 Å². The number of nitrogens with zero attached hydrogens (tertiary/aromatic N) is 1. The van der Waals surface area contributed by atoms with E-state index in [-0.39, 0.29) is 35.2 Å². The van der Waals surface area contributed by atoms with Gasteiger partial charge < -0.3 is 14.8 Å². The first-order valence-electron chi connectivity index (χ1n) is 6.65. The molecule has 1 rings (SSSR count). The van der Waals surface area contributed by atoms with Crippen LogP contribution in [0.4, 0.5) is 11.4 Å². The Kier molecular flexibility index (Phi) is 7.01. The second-order valence-electron chi connectivity index (χ2n) is 4.06. The van der Waals surface area contributed by atoms with E-state index in [0.29, 0.717) is 0 Å². The maximum absolute atomic E-state index is 11.8. The molecule has 1 aromatic rings. The van der Waals surface area contributed by atoms with Crippen LogP contribution in [0.5, 0.6) is 0 Å². The van der Waals surface area contributed by atoms with Gasteiger partial charge in [-0.2, -0.15) is 0 Å². The van der Waals surface area contributed by atoms with Crippen LogP contribution < -0.4 is 5.32 Å². The number of carbonyl (C=O) groups excluding carboxylic acids is 2. The number of rotatable bonds is 7. The van der Waals surface area contributed by atoms with Gasteiger partial charge in [0.05, 0.1) is 28.8 Å². The van der Waals surface area contributed by atoms with Crippen molar-refractivity contribution in [2.24, 2.45) is 0 Å². The number of anilines is 1. The molecule has 0 spiro atoms. The Labute approximate surface area is 137 Å². The fourth-order valence-electron chi connectivity index (χ4n) is 1.51. The lowest BCUT2D eigenvalue weighted by Gasteiger charge is -2.08. The third-order valence-corrected chi connectivity index (χ3v) is 2.85. The van der Waals surface area contributed by atoms with Crippen LogP contribution >= 0.6 is 11.6 Å². The SMILES string of the molecule is CCOC(=O)C(=CNc1cc([N+](=O)[O-])ccc1Cl)C(=O)OCC. The zero-order valence-corrected chi connectivity index (χ0v) is 13.3. The van der Waals surface area contributed by atoms with Gasteiger partial charge >= 0.3 is 11.9 Å². The molecule has 0 aliphatic rings. The minimum atomic E-state index is -0.875. The summed E-state index contributed by atoms with van der Waals surface area (Å²) in [5, 5.41) is 13.5. The van der Waals surface area contributed by atoms with E-state index in [0.717, 1.165) is 6.20 Å². The molecular weight excluding hydrogens is 328 g/mol. The first kappa shape index (κ1) is 18.4. The third kappa shape index (κ3) is 5.26. The van der Waals surface area contributed by atoms with E-state index in [1.165, 1.54) is 18.2 Å². The quantitative estimate of drug-likeness (QED) is 0.203. The maximum Gasteiger partial charge on any atom is 0.347 e. The number of halogens is 1. The van der Waals surface area contributed by atoms with Crippen LogP contribution in [-0.2, 0) is 19.1 Å². The van der Waals surface area contributed by atoms with Gasteiger partial charge in [-0.25, -0.2) is 9.59 Å². The van der Waals surface area contributed by atoms with Crippen LogP contribution in [0.25, 0.3) is 0 Å². The van der Waals surface area contributed by atoms with Gasteiger partial charge in [-0.05, 0) is 19.9 Å². The van der Waals surface area contributed by atoms with Crippen molar-refractivity contribution in [1.29, 1.82) is 0 Å². The molecule has 8 nitrogen and oxygen atoms in total. The number of nitro groups is 1. The summed E-state index contributed by atoms with van der Waals surface area (Å²) in [5.41, 5.74) is -0.414. The smallest absolute Gasteiger partial charge is 0.347 e. The topological polar surface area (TPSA) is 108 Å². The summed E-state index contributed by atoms with van der Waals surface area (Å²) in [7, 11) is 0. The Bertz CT molecular complexity index is 624. The van der Waals surface area contributed by atoms with Crippen molar-refractivity contribution in [1.82, 2.24) is 0 Å². The summed E-state index contributed by atoms with van der Waals surface area (Å²) in [5.74, 6) is -1.75. The van der Waals surface area contributed by atoms with Gasteiger partial charge in [0.15, 0.2) is 5.57 Å². The van der Waals surface area contributed by atoms with Crippen molar-refractivity contribution in [2.45, 2.75) is 13.8 Å². The zero-order chi connectivity index (χ0) is 17.4. The maximum atomic E-state index is 11.8. The first-order chi connectivity index (χ1) is 10.9. The molecule has 0 aliphatic carbocycles. The monoisotopic (exact) mass is 342 g/mol. The first-order valence-corrected chi connectivity index (χ1v) is 7.03. The lowest BCUT2D eigenvalue weighted by molar-refractivity contribution is -0.384. The van der Waals surface area contributed by atoms with Crippen LogP contribution in [0.1, 0.15) is 13.8 Å². The lowest BCUT2D eigenvalue weighted by atomic mass is 10.2. The number of esters is 2. The summed E-state index contributed by atoms with van der Waals surface area (Å²) < 4.78 is 9.53. The summed E-state index contributed by atoms with van der Waals surface area (Å²) in [6, 6.07) is 3.73. The molecule has 0 atom stereocenters. The fourth-order valence-corrected chi connectivity index (χ4v) is 1.68. The molecule has 0 fully saturated rings. The number of nitro benzene ring substituents is 1. The molecule has 0 unspecified atom stereocenters. The van der Waals surface area contributed by atoms with E-state index >= 15 is 0 Å². The van der Waals surface area contributed by atoms with Crippen molar-refractivity contribution >= 4 is 34.9 Å². The van der Waals surface area contributed by atoms with E-state index in [4.69, 9.17) is 21.1 Å². The Hall–Kier alpha value is -2.61. The van der Waals surface area contributed by atoms with Gasteiger partial charge in [0, 0.05) is 18.3 Å². The van der Waals surface area contributed by atoms with E-state index in [2.05, 4.69) is 5.32 Å². The number of nitrogens with one attached hydrogen (secondary N) is 1. The average Bonchev–Trinajstić information content (AvgIpc) is 2.49. The predicted octanol–water partition coefficient (Wildman–Crippen LogP) is 2.67. The molecular formula is C14H15ClN2O6. The highest BCUT2D eigenvalue weighted by atomic mass is 35.5. The molecule has 0 aromatic heterocycles. The van der Waals surface area contributed by atoms with E-state index in [1.54, 1.807) is 13.8 Å². The molecule has 0 bridgehead atoms.